The Morgan fingerprint density at radius 1 is 0.885 bits per heavy atom. The highest BCUT2D eigenvalue weighted by Gasteiger charge is 2.27. The highest BCUT2D eigenvalue weighted by atomic mass is 19.1. The zero-order chi connectivity index (χ0) is 18.3. The van der Waals surface area contributed by atoms with Crippen LogP contribution in [0.25, 0.3) is 11.1 Å². The van der Waals surface area contributed by atoms with Gasteiger partial charge in [-0.3, -0.25) is 9.59 Å². The van der Waals surface area contributed by atoms with E-state index < -0.39 is 0 Å². The molecule has 4 heteroatoms. The van der Waals surface area contributed by atoms with Crippen molar-refractivity contribution in [3.63, 3.8) is 0 Å². The summed E-state index contributed by atoms with van der Waals surface area (Å²) in [7, 11) is 1.62. The first-order chi connectivity index (χ1) is 12.6. The van der Waals surface area contributed by atoms with Gasteiger partial charge < -0.3 is 4.90 Å². The van der Waals surface area contributed by atoms with Crippen LogP contribution in [0.15, 0.2) is 66.7 Å². The van der Waals surface area contributed by atoms with Crippen molar-refractivity contribution in [1.29, 1.82) is 0 Å². The molecule has 0 atom stereocenters. The topological polar surface area (TPSA) is 37.4 Å². The Bertz CT molecular complexity index is 1040. The number of ketones is 1. The number of fused-ring (bicyclic) bond motifs is 3. The SMILES string of the molecule is CN(Cc1ccccc1F)C(=O)c1ccc2c(c1)C(=O)c1ccccc1-2. The van der Waals surface area contributed by atoms with Gasteiger partial charge in [0.25, 0.3) is 5.91 Å². The summed E-state index contributed by atoms with van der Waals surface area (Å²) in [6.45, 7) is 0.163. The van der Waals surface area contributed by atoms with Crippen LogP contribution in [0.1, 0.15) is 31.8 Å². The fourth-order valence-electron chi connectivity index (χ4n) is 3.34. The lowest BCUT2D eigenvalue weighted by atomic mass is 10.0. The van der Waals surface area contributed by atoms with Crippen molar-refractivity contribution in [2.75, 3.05) is 7.05 Å². The quantitative estimate of drug-likeness (QED) is 0.555. The van der Waals surface area contributed by atoms with Crippen molar-refractivity contribution in [2.45, 2.75) is 6.54 Å². The van der Waals surface area contributed by atoms with E-state index in [1.807, 2.05) is 24.3 Å². The fourth-order valence-corrected chi connectivity index (χ4v) is 3.34. The molecule has 4 rings (SSSR count). The lowest BCUT2D eigenvalue weighted by Gasteiger charge is -2.18. The van der Waals surface area contributed by atoms with E-state index >= 15 is 0 Å². The molecule has 0 N–H and O–H groups in total. The van der Waals surface area contributed by atoms with E-state index in [9.17, 15) is 14.0 Å². The van der Waals surface area contributed by atoms with Crippen LogP contribution in [0.3, 0.4) is 0 Å². The van der Waals surface area contributed by atoms with Gasteiger partial charge in [-0.2, -0.15) is 0 Å². The Labute approximate surface area is 150 Å². The number of halogens is 1. The second kappa shape index (κ2) is 6.23. The smallest absolute Gasteiger partial charge is 0.253 e. The summed E-state index contributed by atoms with van der Waals surface area (Å²) in [6.07, 6.45) is 0. The van der Waals surface area contributed by atoms with Crippen molar-refractivity contribution in [3.8, 4) is 11.1 Å². The molecule has 3 nitrogen and oxygen atoms in total. The summed E-state index contributed by atoms with van der Waals surface area (Å²) in [5.41, 5.74) is 3.81. The third-order valence-corrected chi connectivity index (χ3v) is 4.69. The van der Waals surface area contributed by atoms with Gasteiger partial charge in [-0.15, -0.1) is 0 Å². The normalized spacial score (nSPS) is 11.8. The standard InChI is InChI=1S/C22H16FNO2/c1-24(13-15-6-2-5-9-20(15)23)22(26)14-10-11-17-16-7-3-4-8-18(16)21(25)19(17)12-14/h2-12H,13H2,1H3. The summed E-state index contributed by atoms with van der Waals surface area (Å²) in [5.74, 6) is -0.659. The highest BCUT2D eigenvalue weighted by Crippen LogP contribution is 2.36. The van der Waals surface area contributed by atoms with Gasteiger partial charge in [0.2, 0.25) is 0 Å². The number of hydrogen-bond acceptors (Lipinski definition) is 2. The molecule has 0 spiro atoms. The molecule has 0 heterocycles. The highest BCUT2D eigenvalue weighted by molar-refractivity contribution is 6.22. The van der Waals surface area contributed by atoms with E-state index in [-0.39, 0.29) is 24.1 Å². The average Bonchev–Trinajstić information content (AvgIpc) is 2.95. The molecule has 0 unspecified atom stereocenters. The predicted octanol–water partition coefficient (Wildman–Crippen LogP) is 4.31. The largest absolute Gasteiger partial charge is 0.337 e. The maximum Gasteiger partial charge on any atom is 0.253 e. The van der Waals surface area contributed by atoms with Gasteiger partial charge in [0, 0.05) is 35.8 Å². The van der Waals surface area contributed by atoms with Crippen LogP contribution in [0.5, 0.6) is 0 Å². The van der Waals surface area contributed by atoms with E-state index in [4.69, 9.17) is 0 Å². The molecular weight excluding hydrogens is 329 g/mol. The second-order valence-electron chi connectivity index (χ2n) is 6.39. The molecule has 3 aromatic rings. The Morgan fingerprint density at radius 2 is 1.54 bits per heavy atom. The van der Waals surface area contributed by atoms with E-state index in [2.05, 4.69) is 0 Å². The van der Waals surface area contributed by atoms with Crippen LogP contribution in [0, 0.1) is 5.82 Å². The third-order valence-electron chi connectivity index (χ3n) is 4.69. The van der Waals surface area contributed by atoms with Gasteiger partial charge >= 0.3 is 0 Å². The molecule has 3 aromatic carbocycles. The molecule has 0 saturated heterocycles. The average molecular weight is 345 g/mol. The van der Waals surface area contributed by atoms with Gasteiger partial charge in [-0.05, 0) is 29.3 Å². The van der Waals surface area contributed by atoms with Crippen molar-refractivity contribution >= 4 is 11.7 Å². The zero-order valence-electron chi connectivity index (χ0n) is 14.2. The van der Waals surface area contributed by atoms with Crippen LogP contribution in [0.4, 0.5) is 4.39 Å². The molecule has 26 heavy (non-hydrogen) atoms. The lowest BCUT2D eigenvalue weighted by Crippen LogP contribution is -2.26. The van der Waals surface area contributed by atoms with Gasteiger partial charge in [-0.1, -0.05) is 48.5 Å². The van der Waals surface area contributed by atoms with Crippen LogP contribution in [-0.4, -0.2) is 23.6 Å². The number of benzene rings is 3. The molecule has 0 aliphatic heterocycles. The van der Waals surface area contributed by atoms with Crippen molar-refractivity contribution in [3.05, 3.63) is 94.8 Å². The van der Waals surface area contributed by atoms with E-state index in [0.29, 0.717) is 22.3 Å². The first-order valence-corrected chi connectivity index (χ1v) is 8.33. The molecule has 0 bridgehead atoms. The maximum absolute atomic E-state index is 13.8. The van der Waals surface area contributed by atoms with Gasteiger partial charge in [0.05, 0.1) is 0 Å². The van der Waals surface area contributed by atoms with E-state index in [0.717, 1.165) is 11.1 Å². The zero-order valence-corrected chi connectivity index (χ0v) is 14.2. The number of carbonyl (C=O) groups is 2. The summed E-state index contributed by atoms with van der Waals surface area (Å²) in [5, 5.41) is 0. The van der Waals surface area contributed by atoms with Crippen molar-refractivity contribution in [2.24, 2.45) is 0 Å². The second-order valence-corrected chi connectivity index (χ2v) is 6.39. The number of rotatable bonds is 3. The van der Waals surface area contributed by atoms with E-state index in [1.54, 1.807) is 43.4 Å². The third kappa shape index (κ3) is 2.60. The van der Waals surface area contributed by atoms with Gasteiger partial charge in [0.1, 0.15) is 5.82 Å². The molecule has 0 saturated carbocycles. The molecule has 0 aromatic heterocycles. The molecule has 1 amide bonds. The summed E-state index contributed by atoms with van der Waals surface area (Å²) in [4.78, 5) is 26.8. The van der Waals surface area contributed by atoms with Gasteiger partial charge in [-0.25, -0.2) is 4.39 Å². The van der Waals surface area contributed by atoms with Crippen LogP contribution in [-0.2, 0) is 6.54 Å². The minimum atomic E-state index is -0.341. The predicted molar refractivity (Wildman–Crippen MR) is 97.5 cm³/mol. The number of amides is 1. The summed E-state index contributed by atoms with van der Waals surface area (Å²) >= 11 is 0. The maximum atomic E-state index is 13.8. The summed E-state index contributed by atoms with van der Waals surface area (Å²) < 4.78 is 13.8. The molecule has 1 aliphatic carbocycles. The van der Waals surface area contributed by atoms with Crippen LogP contribution < -0.4 is 0 Å². The Kier molecular flexibility index (Phi) is 3.88. The molecular formula is C22H16FNO2. The number of hydrogen-bond donors (Lipinski definition) is 0. The Morgan fingerprint density at radius 3 is 2.31 bits per heavy atom. The van der Waals surface area contributed by atoms with Crippen molar-refractivity contribution in [1.82, 2.24) is 4.90 Å². The first-order valence-electron chi connectivity index (χ1n) is 8.33. The first kappa shape index (κ1) is 16.2. The van der Waals surface area contributed by atoms with Gasteiger partial charge in [0.15, 0.2) is 5.78 Å². The molecule has 128 valence electrons. The fraction of sp³-hybridized carbons (Fsp3) is 0.0909. The summed E-state index contributed by atoms with van der Waals surface area (Å²) in [6, 6.07) is 19.0. The van der Waals surface area contributed by atoms with Crippen molar-refractivity contribution < 1.29 is 14.0 Å². The Hall–Kier alpha value is -3.27. The van der Waals surface area contributed by atoms with E-state index in [1.165, 1.54) is 11.0 Å². The minimum absolute atomic E-state index is 0.0676. The lowest BCUT2D eigenvalue weighted by molar-refractivity contribution is 0.0784. The number of carbonyl (C=O) groups excluding carboxylic acids is 2. The molecule has 0 fully saturated rings. The Balaban J connectivity index is 1.63. The van der Waals surface area contributed by atoms with Crippen LogP contribution >= 0.6 is 0 Å². The number of nitrogens with zero attached hydrogens (tertiary/aromatic N) is 1. The monoisotopic (exact) mass is 345 g/mol. The molecule has 0 radical (unpaired) electrons. The molecule has 1 aliphatic rings. The van der Waals surface area contributed by atoms with Crippen LogP contribution in [0.2, 0.25) is 0 Å². The minimum Gasteiger partial charge on any atom is -0.337 e.